The van der Waals surface area contributed by atoms with Crippen molar-refractivity contribution >= 4 is 5.69 Å². The van der Waals surface area contributed by atoms with Crippen LogP contribution in [-0.2, 0) is 13.1 Å². The maximum Gasteiger partial charge on any atom is 0.290 e. The Kier molecular flexibility index (Phi) is 6.37. The summed E-state index contributed by atoms with van der Waals surface area (Å²) in [6, 6.07) is 8.11. The number of benzene rings is 1. The molecule has 0 aliphatic carbocycles. The van der Waals surface area contributed by atoms with E-state index < -0.39 is 0 Å². The van der Waals surface area contributed by atoms with Crippen molar-refractivity contribution in [1.29, 1.82) is 0 Å². The standard InChI is InChI=1S/C20H30N4O/c1-6-23(7-2)19-15(5)18(17-10-8-16(12-21)9-11-17)22-24(20(19)25)13-14(3)4/h8-11,14H,6-7,12-13,21H2,1-5H3. The first kappa shape index (κ1) is 19.2. The van der Waals surface area contributed by atoms with Crippen LogP contribution in [0.5, 0.6) is 0 Å². The molecule has 25 heavy (non-hydrogen) atoms. The topological polar surface area (TPSA) is 64.2 Å². The van der Waals surface area contributed by atoms with Crippen LogP contribution in [0.25, 0.3) is 11.3 Å². The number of hydrogen-bond acceptors (Lipinski definition) is 4. The van der Waals surface area contributed by atoms with Crippen LogP contribution in [0.15, 0.2) is 29.1 Å². The van der Waals surface area contributed by atoms with Crippen LogP contribution >= 0.6 is 0 Å². The molecule has 136 valence electrons. The molecular formula is C20H30N4O. The molecule has 2 aromatic rings. The van der Waals surface area contributed by atoms with Crippen molar-refractivity contribution in [3.8, 4) is 11.3 Å². The van der Waals surface area contributed by atoms with E-state index in [9.17, 15) is 4.79 Å². The summed E-state index contributed by atoms with van der Waals surface area (Å²) < 4.78 is 1.62. The lowest BCUT2D eigenvalue weighted by molar-refractivity contribution is 0.464. The van der Waals surface area contributed by atoms with E-state index in [4.69, 9.17) is 10.8 Å². The van der Waals surface area contributed by atoms with E-state index in [0.717, 1.165) is 41.2 Å². The molecule has 0 spiro atoms. The second-order valence-corrected chi connectivity index (χ2v) is 6.78. The van der Waals surface area contributed by atoms with Crippen LogP contribution in [0, 0.1) is 12.8 Å². The Bertz CT molecular complexity index is 759. The quantitative estimate of drug-likeness (QED) is 0.839. The zero-order chi connectivity index (χ0) is 18.6. The van der Waals surface area contributed by atoms with Gasteiger partial charge in [-0.1, -0.05) is 38.1 Å². The molecule has 2 rings (SSSR count). The average molecular weight is 342 g/mol. The molecule has 0 aliphatic heterocycles. The highest BCUT2D eigenvalue weighted by atomic mass is 16.1. The molecule has 0 fully saturated rings. The smallest absolute Gasteiger partial charge is 0.290 e. The molecule has 1 heterocycles. The van der Waals surface area contributed by atoms with Gasteiger partial charge in [-0.25, -0.2) is 4.68 Å². The third kappa shape index (κ3) is 4.10. The van der Waals surface area contributed by atoms with Crippen molar-refractivity contribution in [3.63, 3.8) is 0 Å². The highest BCUT2D eigenvalue weighted by Crippen LogP contribution is 2.26. The monoisotopic (exact) mass is 342 g/mol. The summed E-state index contributed by atoms with van der Waals surface area (Å²) in [5, 5.41) is 4.70. The molecular weight excluding hydrogens is 312 g/mol. The van der Waals surface area contributed by atoms with Crippen LogP contribution < -0.4 is 16.2 Å². The number of rotatable bonds is 7. The van der Waals surface area contributed by atoms with Gasteiger partial charge in [0.1, 0.15) is 5.69 Å². The van der Waals surface area contributed by atoms with E-state index >= 15 is 0 Å². The van der Waals surface area contributed by atoms with Gasteiger partial charge in [0.2, 0.25) is 0 Å². The number of aromatic nitrogens is 2. The Morgan fingerprint density at radius 1 is 1.16 bits per heavy atom. The SMILES string of the molecule is CCN(CC)c1c(C)c(-c2ccc(CN)cc2)nn(CC(C)C)c1=O. The van der Waals surface area contributed by atoms with Gasteiger partial charge in [0.15, 0.2) is 0 Å². The van der Waals surface area contributed by atoms with Gasteiger partial charge in [-0.15, -0.1) is 0 Å². The zero-order valence-electron chi connectivity index (χ0n) is 16.0. The van der Waals surface area contributed by atoms with Gasteiger partial charge in [0, 0.05) is 37.3 Å². The van der Waals surface area contributed by atoms with Crippen molar-refractivity contribution in [3.05, 3.63) is 45.7 Å². The molecule has 2 N–H and O–H groups in total. The summed E-state index contributed by atoms with van der Waals surface area (Å²) in [4.78, 5) is 15.1. The van der Waals surface area contributed by atoms with Gasteiger partial charge in [-0.05, 0) is 32.3 Å². The maximum absolute atomic E-state index is 13.0. The molecule has 0 radical (unpaired) electrons. The first-order valence-electron chi connectivity index (χ1n) is 9.08. The predicted octanol–water partition coefficient (Wildman–Crippen LogP) is 3.18. The van der Waals surface area contributed by atoms with Crippen molar-refractivity contribution in [1.82, 2.24) is 9.78 Å². The van der Waals surface area contributed by atoms with Crippen molar-refractivity contribution in [2.45, 2.75) is 47.7 Å². The van der Waals surface area contributed by atoms with Crippen molar-refractivity contribution in [2.75, 3.05) is 18.0 Å². The minimum absolute atomic E-state index is 0.00257. The minimum atomic E-state index is -0.00257. The van der Waals surface area contributed by atoms with Crippen LogP contribution in [0.3, 0.4) is 0 Å². The van der Waals surface area contributed by atoms with E-state index in [-0.39, 0.29) is 5.56 Å². The number of hydrogen-bond donors (Lipinski definition) is 1. The molecule has 5 heteroatoms. The van der Waals surface area contributed by atoms with E-state index in [1.54, 1.807) is 4.68 Å². The van der Waals surface area contributed by atoms with E-state index in [1.165, 1.54) is 0 Å². The normalized spacial score (nSPS) is 11.2. The Morgan fingerprint density at radius 3 is 2.24 bits per heavy atom. The fourth-order valence-electron chi connectivity index (χ4n) is 3.09. The molecule has 0 unspecified atom stereocenters. The lowest BCUT2D eigenvalue weighted by atomic mass is 10.0. The molecule has 1 aromatic heterocycles. The van der Waals surface area contributed by atoms with Gasteiger partial charge in [-0.2, -0.15) is 5.10 Å². The summed E-state index contributed by atoms with van der Waals surface area (Å²) in [7, 11) is 0. The van der Waals surface area contributed by atoms with Crippen LogP contribution in [0.1, 0.15) is 38.8 Å². The first-order valence-corrected chi connectivity index (χ1v) is 9.08. The Morgan fingerprint density at radius 2 is 1.76 bits per heavy atom. The number of nitrogens with two attached hydrogens (primary N) is 1. The minimum Gasteiger partial charge on any atom is -0.367 e. The number of anilines is 1. The van der Waals surface area contributed by atoms with Crippen LogP contribution in [-0.4, -0.2) is 22.9 Å². The van der Waals surface area contributed by atoms with Gasteiger partial charge in [-0.3, -0.25) is 4.79 Å². The summed E-state index contributed by atoms with van der Waals surface area (Å²) in [5.41, 5.74) is 10.4. The van der Waals surface area contributed by atoms with E-state index in [0.29, 0.717) is 19.0 Å². The molecule has 5 nitrogen and oxygen atoms in total. The van der Waals surface area contributed by atoms with Crippen molar-refractivity contribution in [2.24, 2.45) is 11.7 Å². The highest BCUT2D eigenvalue weighted by molar-refractivity contribution is 5.69. The Hall–Kier alpha value is -2.14. The molecule has 0 saturated carbocycles. The average Bonchev–Trinajstić information content (AvgIpc) is 2.61. The molecule has 0 amide bonds. The summed E-state index contributed by atoms with van der Waals surface area (Å²) >= 11 is 0. The summed E-state index contributed by atoms with van der Waals surface area (Å²) in [6.45, 7) is 13.1. The first-order chi connectivity index (χ1) is 11.9. The fourth-order valence-corrected chi connectivity index (χ4v) is 3.09. The zero-order valence-corrected chi connectivity index (χ0v) is 16.0. The largest absolute Gasteiger partial charge is 0.367 e. The summed E-state index contributed by atoms with van der Waals surface area (Å²) in [5.74, 6) is 0.352. The Labute approximate surface area is 150 Å². The second-order valence-electron chi connectivity index (χ2n) is 6.78. The molecule has 0 saturated heterocycles. The van der Waals surface area contributed by atoms with Crippen LogP contribution in [0.4, 0.5) is 5.69 Å². The second kappa shape index (κ2) is 8.30. The van der Waals surface area contributed by atoms with Gasteiger partial charge < -0.3 is 10.6 Å². The van der Waals surface area contributed by atoms with Gasteiger partial charge in [0.25, 0.3) is 5.56 Å². The highest BCUT2D eigenvalue weighted by Gasteiger charge is 2.19. The van der Waals surface area contributed by atoms with Gasteiger partial charge >= 0.3 is 0 Å². The predicted molar refractivity (Wildman–Crippen MR) is 105 cm³/mol. The molecule has 0 aliphatic rings. The van der Waals surface area contributed by atoms with Crippen molar-refractivity contribution < 1.29 is 0 Å². The molecule has 1 aromatic carbocycles. The van der Waals surface area contributed by atoms with E-state index in [1.807, 2.05) is 31.2 Å². The maximum atomic E-state index is 13.0. The lowest BCUT2D eigenvalue weighted by Crippen LogP contribution is -2.35. The Balaban J connectivity index is 2.69. The lowest BCUT2D eigenvalue weighted by Gasteiger charge is -2.25. The molecule has 0 atom stereocenters. The van der Waals surface area contributed by atoms with Gasteiger partial charge in [0.05, 0.1) is 5.69 Å². The molecule has 0 bridgehead atoms. The van der Waals surface area contributed by atoms with E-state index in [2.05, 4.69) is 32.6 Å². The third-order valence-corrected chi connectivity index (χ3v) is 4.45. The van der Waals surface area contributed by atoms with Crippen LogP contribution in [0.2, 0.25) is 0 Å². The number of nitrogens with zero attached hydrogens (tertiary/aromatic N) is 3. The third-order valence-electron chi connectivity index (χ3n) is 4.45. The fraction of sp³-hybridized carbons (Fsp3) is 0.500. The summed E-state index contributed by atoms with van der Waals surface area (Å²) in [6.07, 6.45) is 0.